The number of alkyl halides is 3. The molecule has 1 heterocycles. The fourth-order valence-corrected chi connectivity index (χ4v) is 0.942. The summed E-state index contributed by atoms with van der Waals surface area (Å²) in [4.78, 5) is 10.4. The summed E-state index contributed by atoms with van der Waals surface area (Å²) >= 11 is 0. The van der Waals surface area contributed by atoms with Crippen molar-refractivity contribution in [3.05, 3.63) is 18.0 Å². The SMILES string of the molecule is O=C(O)c1cnn(CCOCC(F)(F)F)c1. The molecule has 8 heteroatoms. The van der Waals surface area contributed by atoms with Crippen molar-refractivity contribution in [1.29, 1.82) is 0 Å². The molecule has 0 radical (unpaired) electrons. The molecule has 0 bridgehead atoms. The molecule has 16 heavy (non-hydrogen) atoms. The van der Waals surface area contributed by atoms with E-state index in [1.165, 1.54) is 10.9 Å². The Balaban J connectivity index is 2.30. The van der Waals surface area contributed by atoms with Crippen molar-refractivity contribution < 1.29 is 27.8 Å². The Hall–Kier alpha value is -1.57. The first-order chi connectivity index (χ1) is 7.38. The van der Waals surface area contributed by atoms with Gasteiger partial charge in [0.2, 0.25) is 0 Å². The third-order valence-electron chi connectivity index (χ3n) is 1.61. The van der Waals surface area contributed by atoms with Gasteiger partial charge in [-0.15, -0.1) is 0 Å². The number of aromatic carboxylic acids is 1. The molecular formula is C8H9F3N2O3. The maximum atomic E-state index is 11.7. The number of rotatable bonds is 5. The Bertz CT molecular complexity index is 362. The fourth-order valence-electron chi connectivity index (χ4n) is 0.942. The monoisotopic (exact) mass is 238 g/mol. The van der Waals surface area contributed by atoms with E-state index in [2.05, 4.69) is 9.84 Å². The molecular weight excluding hydrogens is 229 g/mol. The van der Waals surface area contributed by atoms with Gasteiger partial charge in [-0.2, -0.15) is 18.3 Å². The molecule has 0 saturated carbocycles. The van der Waals surface area contributed by atoms with Crippen molar-refractivity contribution in [2.24, 2.45) is 0 Å². The Morgan fingerprint density at radius 2 is 2.25 bits per heavy atom. The van der Waals surface area contributed by atoms with Crippen molar-refractivity contribution in [2.75, 3.05) is 13.2 Å². The lowest BCUT2D eigenvalue weighted by atomic mass is 10.4. The second-order valence-corrected chi connectivity index (χ2v) is 2.96. The van der Waals surface area contributed by atoms with Gasteiger partial charge in [0.25, 0.3) is 0 Å². The standard InChI is InChI=1S/C8H9F3N2O3/c9-8(10,11)5-16-2-1-13-4-6(3-12-13)7(14)15/h3-4H,1-2,5H2,(H,14,15). The van der Waals surface area contributed by atoms with Gasteiger partial charge < -0.3 is 9.84 Å². The quantitative estimate of drug-likeness (QED) is 0.782. The van der Waals surface area contributed by atoms with Crippen LogP contribution in [0.3, 0.4) is 0 Å². The summed E-state index contributed by atoms with van der Waals surface area (Å²) in [7, 11) is 0. The fraction of sp³-hybridized carbons (Fsp3) is 0.500. The molecule has 0 aromatic carbocycles. The van der Waals surface area contributed by atoms with Crippen LogP contribution >= 0.6 is 0 Å². The first-order valence-electron chi connectivity index (χ1n) is 4.29. The van der Waals surface area contributed by atoms with E-state index in [0.29, 0.717) is 0 Å². The van der Waals surface area contributed by atoms with Crippen molar-refractivity contribution in [2.45, 2.75) is 12.7 Å². The molecule has 1 N–H and O–H groups in total. The Labute approximate surface area is 88.4 Å². The number of carboxylic acid groups (broad SMARTS) is 1. The van der Waals surface area contributed by atoms with Crippen LogP contribution in [0.25, 0.3) is 0 Å². The zero-order valence-electron chi connectivity index (χ0n) is 8.07. The number of ether oxygens (including phenoxy) is 1. The van der Waals surface area contributed by atoms with Gasteiger partial charge in [0.15, 0.2) is 0 Å². The molecule has 90 valence electrons. The topological polar surface area (TPSA) is 64.3 Å². The van der Waals surface area contributed by atoms with E-state index in [4.69, 9.17) is 5.11 Å². The predicted octanol–water partition coefficient (Wildman–Crippen LogP) is 1.16. The number of nitrogens with zero attached hydrogens (tertiary/aromatic N) is 2. The molecule has 1 aromatic rings. The highest BCUT2D eigenvalue weighted by Gasteiger charge is 2.27. The molecule has 0 fully saturated rings. The Kier molecular flexibility index (Phi) is 3.88. The lowest BCUT2D eigenvalue weighted by Gasteiger charge is -2.07. The van der Waals surface area contributed by atoms with Crippen LogP contribution in [0.1, 0.15) is 10.4 Å². The summed E-state index contributed by atoms with van der Waals surface area (Å²) < 4.78 is 40.5. The van der Waals surface area contributed by atoms with E-state index >= 15 is 0 Å². The summed E-state index contributed by atoms with van der Waals surface area (Å²) in [6.07, 6.45) is -2.01. The highest BCUT2D eigenvalue weighted by molar-refractivity contribution is 5.86. The van der Waals surface area contributed by atoms with Gasteiger partial charge in [-0.3, -0.25) is 4.68 Å². The molecule has 0 aliphatic carbocycles. The second-order valence-electron chi connectivity index (χ2n) is 2.96. The summed E-state index contributed by atoms with van der Waals surface area (Å²) in [5, 5.41) is 12.2. The highest BCUT2D eigenvalue weighted by atomic mass is 19.4. The van der Waals surface area contributed by atoms with Crippen LogP contribution in [0.4, 0.5) is 13.2 Å². The lowest BCUT2D eigenvalue weighted by molar-refractivity contribution is -0.174. The van der Waals surface area contributed by atoms with Crippen molar-refractivity contribution in [3.63, 3.8) is 0 Å². The van der Waals surface area contributed by atoms with E-state index in [0.717, 1.165) is 6.20 Å². The van der Waals surface area contributed by atoms with Crippen LogP contribution in [0.5, 0.6) is 0 Å². The van der Waals surface area contributed by atoms with E-state index in [1.807, 2.05) is 0 Å². The lowest BCUT2D eigenvalue weighted by Crippen LogP contribution is -2.19. The summed E-state index contributed by atoms with van der Waals surface area (Å²) in [6, 6.07) is 0. The number of halogens is 3. The number of aromatic nitrogens is 2. The van der Waals surface area contributed by atoms with Crippen LogP contribution in [0, 0.1) is 0 Å². The summed E-state index contributed by atoms with van der Waals surface area (Å²) in [5.41, 5.74) is -0.0178. The van der Waals surface area contributed by atoms with Crippen molar-refractivity contribution >= 4 is 5.97 Å². The second kappa shape index (κ2) is 4.97. The van der Waals surface area contributed by atoms with Gasteiger partial charge >= 0.3 is 12.1 Å². The minimum atomic E-state index is -4.35. The third-order valence-corrected chi connectivity index (χ3v) is 1.61. The van der Waals surface area contributed by atoms with E-state index in [1.54, 1.807) is 0 Å². The smallest absolute Gasteiger partial charge is 0.411 e. The maximum Gasteiger partial charge on any atom is 0.411 e. The Morgan fingerprint density at radius 3 is 2.75 bits per heavy atom. The molecule has 1 aromatic heterocycles. The average molecular weight is 238 g/mol. The molecule has 0 spiro atoms. The Morgan fingerprint density at radius 1 is 1.56 bits per heavy atom. The summed E-state index contributed by atoms with van der Waals surface area (Å²) in [6.45, 7) is -1.43. The zero-order chi connectivity index (χ0) is 12.2. The van der Waals surface area contributed by atoms with Gasteiger partial charge in [0.05, 0.1) is 24.9 Å². The summed E-state index contributed by atoms with van der Waals surface area (Å²) in [5.74, 6) is -1.14. The normalized spacial score (nSPS) is 11.7. The van der Waals surface area contributed by atoms with Gasteiger partial charge in [0, 0.05) is 6.20 Å². The van der Waals surface area contributed by atoms with Crippen molar-refractivity contribution in [3.8, 4) is 0 Å². The first kappa shape index (κ1) is 12.5. The van der Waals surface area contributed by atoms with Gasteiger partial charge in [-0.05, 0) is 0 Å². The molecule has 1 rings (SSSR count). The molecule has 0 amide bonds. The maximum absolute atomic E-state index is 11.7. The van der Waals surface area contributed by atoms with Crippen LogP contribution in [-0.4, -0.2) is 40.2 Å². The number of hydrogen-bond donors (Lipinski definition) is 1. The molecule has 0 unspecified atom stereocenters. The number of carbonyl (C=O) groups is 1. The predicted molar refractivity (Wildman–Crippen MR) is 46.1 cm³/mol. The van der Waals surface area contributed by atoms with Crippen molar-refractivity contribution in [1.82, 2.24) is 9.78 Å². The number of hydrogen-bond acceptors (Lipinski definition) is 3. The minimum absolute atomic E-state index is 0.0178. The van der Waals surface area contributed by atoms with Gasteiger partial charge in [-0.1, -0.05) is 0 Å². The van der Waals surface area contributed by atoms with E-state index < -0.39 is 18.8 Å². The first-order valence-corrected chi connectivity index (χ1v) is 4.29. The third kappa shape index (κ3) is 4.30. The molecule has 5 nitrogen and oxygen atoms in total. The largest absolute Gasteiger partial charge is 0.478 e. The molecule has 0 aliphatic heterocycles. The van der Waals surface area contributed by atoms with Crippen LogP contribution < -0.4 is 0 Å². The molecule has 0 saturated heterocycles. The molecule has 0 aliphatic rings. The average Bonchev–Trinajstić information content (AvgIpc) is 2.59. The molecule has 0 atom stereocenters. The van der Waals surface area contributed by atoms with Gasteiger partial charge in [0.1, 0.15) is 6.61 Å². The highest BCUT2D eigenvalue weighted by Crippen LogP contribution is 2.14. The number of carboxylic acids is 1. The van der Waals surface area contributed by atoms with Crippen LogP contribution in [-0.2, 0) is 11.3 Å². The van der Waals surface area contributed by atoms with E-state index in [9.17, 15) is 18.0 Å². The van der Waals surface area contributed by atoms with Crippen LogP contribution in [0.2, 0.25) is 0 Å². The minimum Gasteiger partial charge on any atom is -0.478 e. The van der Waals surface area contributed by atoms with E-state index in [-0.39, 0.29) is 18.7 Å². The van der Waals surface area contributed by atoms with Crippen LogP contribution in [0.15, 0.2) is 12.4 Å². The zero-order valence-corrected chi connectivity index (χ0v) is 8.07. The van der Waals surface area contributed by atoms with Gasteiger partial charge in [-0.25, -0.2) is 4.79 Å².